The number of ether oxygens (including phenoxy) is 2. The predicted molar refractivity (Wildman–Crippen MR) is 65.3 cm³/mol. The Kier molecular flexibility index (Phi) is 6.28. The molecule has 4 heteroatoms. The molecule has 0 aromatic rings. The van der Waals surface area contributed by atoms with Crippen molar-refractivity contribution in [3.8, 4) is 0 Å². The van der Waals surface area contributed by atoms with Crippen LogP contribution >= 0.6 is 0 Å². The molecule has 0 radical (unpaired) electrons. The highest BCUT2D eigenvalue weighted by Gasteiger charge is 2.25. The number of hydrogen-bond acceptors (Lipinski definition) is 4. The quantitative estimate of drug-likeness (QED) is 0.697. The Morgan fingerprint density at radius 3 is 2.19 bits per heavy atom. The highest BCUT2D eigenvalue weighted by molar-refractivity contribution is 4.81. The number of rotatable bonds is 6. The smallest absolute Gasteiger partial charge is 0.169 e. The number of methoxy groups -OCH3 is 2. The lowest BCUT2D eigenvalue weighted by Gasteiger charge is -2.36. The first-order chi connectivity index (χ1) is 7.71. The van der Waals surface area contributed by atoms with Crippen molar-refractivity contribution in [2.45, 2.75) is 51.0 Å². The Bertz CT molecular complexity index is 178. The van der Waals surface area contributed by atoms with Gasteiger partial charge in [0.05, 0.1) is 0 Å². The first kappa shape index (κ1) is 13.9. The third-order valence-electron chi connectivity index (χ3n) is 3.57. The molecule has 0 heterocycles. The lowest BCUT2D eigenvalue weighted by atomic mass is 9.91. The largest absolute Gasteiger partial charge is 0.355 e. The molecule has 0 unspecified atom stereocenters. The minimum atomic E-state index is -0.115. The van der Waals surface area contributed by atoms with Gasteiger partial charge >= 0.3 is 0 Å². The van der Waals surface area contributed by atoms with E-state index in [9.17, 15) is 0 Å². The van der Waals surface area contributed by atoms with Gasteiger partial charge in [-0.3, -0.25) is 4.90 Å². The van der Waals surface area contributed by atoms with Gasteiger partial charge in [-0.05, 0) is 32.2 Å². The van der Waals surface area contributed by atoms with E-state index in [-0.39, 0.29) is 6.29 Å². The van der Waals surface area contributed by atoms with E-state index in [2.05, 4.69) is 11.8 Å². The zero-order valence-corrected chi connectivity index (χ0v) is 10.8. The van der Waals surface area contributed by atoms with Crippen molar-refractivity contribution >= 4 is 0 Å². The van der Waals surface area contributed by atoms with Gasteiger partial charge in [0.2, 0.25) is 0 Å². The maximum atomic E-state index is 5.92. The summed E-state index contributed by atoms with van der Waals surface area (Å²) < 4.78 is 10.5. The van der Waals surface area contributed by atoms with Gasteiger partial charge in [0, 0.05) is 32.8 Å². The summed E-state index contributed by atoms with van der Waals surface area (Å²) >= 11 is 0. The fraction of sp³-hybridized carbons (Fsp3) is 1.00. The fourth-order valence-electron chi connectivity index (χ4n) is 2.44. The van der Waals surface area contributed by atoms with Crippen LogP contribution in [0.5, 0.6) is 0 Å². The van der Waals surface area contributed by atoms with Crippen LogP contribution in [0.4, 0.5) is 0 Å². The molecule has 0 aromatic carbocycles. The average molecular weight is 230 g/mol. The Balaban J connectivity index is 2.40. The molecule has 0 atom stereocenters. The molecule has 1 aliphatic rings. The van der Waals surface area contributed by atoms with E-state index in [0.29, 0.717) is 12.1 Å². The van der Waals surface area contributed by atoms with E-state index >= 15 is 0 Å². The van der Waals surface area contributed by atoms with Gasteiger partial charge in [-0.2, -0.15) is 0 Å². The van der Waals surface area contributed by atoms with E-state index < -0.39 is 0 Å². The summed E-state index contributed by atoms with van der Waals surface area (Å²) in [7, 11) is 3.39. The van der Waals surface area contributed by atoms with Crippen molar-refractivity contribution in [2.75, 3.05) is 27.3 Å². The number of nitrogens with two attached hydrogens (primary N) is 1. The third-order valence-corrected chi connectivity index (χ3v) is 3.57. The third kappa shape index (κ3) is 4.01. The summed E-state index contributed by atoms with van der Waals surface area (Å²) in [5, 5.41) is 0. The van der Waals surface area contributed by atoms with Crippen molar-refractivity contribution in [3.63, 3.8) is 0 Å². The molecule has 1 fully saturated rings. The topological polar surface area (TPSA) is 47.7 Å². The van der Waals surface area contributed by atoms with Crippen molar-refractivity contribution in [1.82, 2.24) is 4.90 Å². The highest BCUT2D eigenvalue weighted by atomic mass is 16.7. The molecule has 96 valence electrons. The molecule has 0 aliphatic heterocycles. The summed E-state index contributed by atoms with van der Waals surface area (Å²) in [6.45, 7) is 4.09. The van der Waals surface area contributed by atoms with Crippen LogP contribution in [-0.2, 0) is 9.47 Å². The van der Waals surface area contributed by atoms with Gasteiger partial charge in [-0.15, -0.1) is 0 Å². The summed E-state index contributed by atoms with van der Waals surface area (Å²) in [5.41, 5.74) is 5.92. The number of hydrogen-bond donors (Lipinski definition) is 1. The molecule has 0 amide bonds. The van der Waals surface area contributed by atoms with Crippen molar-refractivity contribution < 1.29 is 9.47 Å². The van der Waals surface area contributed by atoms with Crippen LogP contribution in [0.2, 0.25) is 0 Å². The second-order valence-corrected chi connectivity index (χ2v) is 4.56. The predicted octanol–water partition coefficient (Wildman–Crippen LogP) is 1.20. The molecule has 0 bridgehead atoms. The van der Waals surface area contributed by atoms with Crippen molar-refractivity contribution in [2.24, 2.45) is 5.73 Å². The summed E-state index contributed by atoms with van der Waals surface area (Å²) in [4.78, 5) is 2.45. The highest BCUT2D eigenvalue weighted by Crippen LogP contribution is 2.22. The molecule has 16 heavy (non-hydrogen) atoms. The van der Waals surface area contributed by atoms with Crippen LogP contribution in [-0.4, -0.2) is 50.6 Å². The molecule has 1 aliphatic carbocycles. The van der Waals surface area contributed by atoms with Crippen molar-refractivity contribution in [3.05, 3.63) is 0 Å². The normalized spacial score (nSPS) is 26.6. The Labute approximate surface area is 99.1 Å². The van der Waals surface area contributed by atoms with E-state index in [1.807, 2.05) is 0 Å². The summed E-state index contributed by atoms with van der Waals surface area (Å²) in [6, 6.07) is 1.06. The maximum absolute atomic E-state index is 5.92. The van der Waals surface area contributed by atoms with Crippen LogP contribution in [0.25, 0.3) is 0 Å². The van der Waals surface area contributed by atoms with E-state index in [1.165, 1.54) is 12.8 Å². The number of likely N-dealkylation sites (N-methyl/N-ethyl adjacent to an activating group) is 1. The first-order valence-corrected chi connectivity index (χ1v) is 6.26. The minimum Gasteiger partial charge on any atom is -0.355 e. The second kappa shape index (κ2) is 7.22. The molecule has 0 aromatic heterocycles. The number of nitrogens with zero attached hydrogens (tertiary/aromatic N) is 1. The van der Waals surface area contributed by atoms with Crippen LogP contribution in [0, 0.1) is 0 Å². The SMILES string of the molecule is CCN(CC(OC)OC)C1CCC(N)CC1. The fourth-order valence-corrected chi connectivity index (χ4v) is 2.44. The van der Waals surface area contributed by atoms with Gasteiger partial charge in [0.1, 0.15) is 0 Å². The van der Waals surface area contributed by atoms with Gasteiger partial charge in [-0.25, -0.2) is 0 Å². The lowest BCUT2D eigenvalue weighted by Crippen LogP contribution is -2.44. The summed E-state index contributed by atoms with van der Waals surface area (Å²) in [6.07, 6.45) is 4.58. The lowest BCUT2D eigenvalue weighted by molar-refractivity contribution is -0.121. The Hall–Kier alpha value is -0.160. The van der Waals surface area contributed by atoms with E-state index in [0.717, 1.165) is 25.9 Å². The second-order valence-electron chi connectivity index (χ2n) is 4.56. The summed E-state index contributed by atoms with van der Waals surface area (Å²) in [5.74, 6) is 0. The van der Waals surface area contributed by atoms with E-state index in [1.54, 1.807) is 14.2 Å². The molecule has 0 spiro atoms. The van der Waals surface area contributed by atoms with Crippen molar-refractivity contribution in [1.29, 1.82) is 0 Å². The molecule has 4 nitrogen and oxygen atoms in total. The van der Waals surface area contributed by atoms with Gasteiger partial charge in [0.25, 0.3) is 0 Å². The zero-order valence-electron chi connectivity index (χ0n) is 10.8. The standard InChI is InChI=1S/C12H26N2O2/c1-4-14(9-12(15-2)16-3)11-7-5-10(13)6-8-11/h10-12H,4-9,13H2,1-3H3. The Morgan fingerprint density at radius 1 is 1.19 bits per heavy atom. The zero-order chi connectivity index (χ0) is 12.0. The average Bonchev–Trinajstić information content (AvgIpc) is 2.32. The van der Waals surface area contributed by atoms with Gasteiger partial charge in [0.15, 0.2) is 6.29 Å². The molecular formula is C12H26N2O2. The van der Waals surface area contributed by atoms with Crippen LogP contribution < -0.4 is 5.73 Å². The monoisotopic (exact) mass is 230 g/mol. The molecule has 1 saturated carbocycles. The van der Waals surface area contributed by atoms with Gasteiger partial charge in [-0.1, -0.05) is 6.92 Å². The maximum Gasteiger partial charge on any atom is 0.169 e. The van der Waals surface area contributed by atoms with Crippen LogP contribution in [0.15, 0.2) is 0 Å². The van der Waals surface area contributed by atoms with Crippen LogP contribution in [0.3, 0.4) is 0 Å². The molecule has 1 rings (SSSR count). The van der Waals surface area contributed by atoms with Gasteiger partial charge < -0.3 is 15.2 Å². The van der Waals surface area contributed by atoms with Crippen LogP contribution in [0.1, 0.15) is 32.6 Å². The molecule has 2 N–H and O–H groups in total. The minimum absolute atomic E-state index is 0.115. The molecule has 0 saturated heterocycles. The molecular weight excluding hydrogens is 204 g/mol. The Morgan fingerprint density at radius 2 is 1.75 bits per heavy atom. The van der Waals surface area contributed by atoms with E-state index in [4.69, 9.17) is 15.2 Å². The first-order valence-electron chi connectivity index (χ1n) is 6.26.